The quantitative estimate of drug-likeness (QED) is 0.467. The predicted octanol–water partition coefficient (Wildman–Crippen LogP) is 5.22. The van der Waals surface area contributed by atoms with E-state index in [9.17, 15) is 18.8 Å². The summed E-state index contributed by atoms with van der Waals surface area (Å²) in [6.45, 7) is 3.07. The second kappa shape index (κ2) is 13.0. The average Bonchev–Trinajstić information content (AvgIpc) is 3.44. The van der Waals surface area contributed by atoms with E-state index in [1.54, 1.807) is 24.1 Å². The van der Waals surface area contributed by atoms with E-state index in [2.05, 4.69) is 0 Å². The number of likely N-dealkylation sites (tertiary alicyclic amines) is 2. The zero-order valence-electron chi connectivity index (χ0n) is 22.9. The summed E-state index contributed by atoms with van der Waals surface area (Å²) in [5.74, 6) is -0.429. The molecule has 3 heterocycles. The largest absolute Gasteiger partial charge is 0.415 e. The van der Waals surface area contributed by atoms with Gasteiger partial charge in [-0.1, -0.05) is 29.3 Å². The van der Waals surface area contributed by atoms with Crippen LogP contribution in [0.15, 0.2) is 42.5 Å². The summed E-state index contributed by atoms with van der Waals surface area (Å²) in [4.78, 5) is 45.0. The van der Waals surface area contributed by atoms with E-state index in [4.69, 9.17) is 32.7 Å². The standard InChI is InChI=1S/C30H34Cl2FN3O5/c1-34(30(39)41-23-5-3-22(33)4-6-23)27-18-36(17-24(27)21-2-7-25(31)26(32)16-21)29(38)19-8-12-35(13-9-19)28(37)20-10-14-40-15-11-20/h2-7,16,19-20,24,27H,8-15,17-18H2,1H3/t24-,27+/m1/s1. The predicted molar refractivity (Wildman–Crippen MR) is 153 cm³/mol. The highest BCUT2D eigenvalue weighted by Crippen LogP contribution is 2.36. The van der Waals surface area contributed by atoms with Gasteiger partial charge in [-0.05, 0) is 67.6 Å². The van der Waals surface area contributed by atoms with Crippen LogP contribution in [-0.4, -0.2) is 85.1 Å². The maximum absolute atomic E-state index is 13.7. The minimum atomic E-state index is -0.610. The Morgan fingerprint density at radius 3 is 2.17 bits per heavy atom. The summed E-state index contributed by atoms with van der Waals surface area (Å²) in [6.07, 6.45) is 2.10. The van der Waals surface area contributed by atoms with Crippen LogP contribution in [0.1, 0.15) is 37.2 Å². The molecule has 0 aliphatic carbocycles. The summed E-state index contributed by atoms with van der Waals surface area (Å²) in [5, 5.41) is 0.815. The zero-order chi connectivity index (χ0) is 29.1. The Balaban J connectivity index is 1.27. The fraction of sp³-hybridized carbons (Fsp3) is 0.500. The number of carbonyl (C=O) groups excluding carboxylic acids is 3. The van der Waals surface area contributed by atoms with Gasteiger partial charge in [0.15, 0.2) is 0 Å². The highest BCUT2D eigenvalue weighted by Gasteiger charge is 2.43. The van der Waals surface area contributed by atoms with E-state index < -0.39 is 11.9 Å². The maximum atomic E-state index is 13.7. The van der Waals surface area contributed by atoms with E-state index in [1.165, 1.54) is 29.2 Å². The van der Waals surface area contributed by atoms with Crippen molar-refractivity contribution in [1.29, 1.82) is 0 Å². The summed E-state index contributed by atoms with van der Waals surface area (Å²) in [5.41, 5.74) is 0.859. The molecule has 3 aliphatic heterocycles. The van der Waals surface area contributed by atoms with Gasteiger partial charge in [0.05, 0.1) is 16.1 Å². The van der Waals surface area contributed by atoms with Crippen LogP contribution in [0.4, 0.5) is 9.18 Å². The van der Waals surface area contributed by atoms with Gasteiger partial charge < -0.3 is 24.2 Å². The van der Waals surface area contributed by atoms with Crippen molar-refractivity contribution >= 4 is 41.1 Å². The number of nitrogens with zero attached hydrogens (tertiary/aromatic N) is 3. The summed E-state index contributed by atoms with van der Waals surface area (Å²) < 4.78 is 24.2. The molecule has 220 valence electrons. The zero-order valence-corrected chi connectivity index (χ0v) is 24.5. The second-order valence-electron chi connectivity index (χ2n) is 11.0. The van der Waals surface area contributed by atoms with Gasteiger partial charge in [0.25, 0.3) is 0 Å². The Hall–Kier alpha value is -2.88. The Morgan fingerprint density at radius 1 is 0.878 bits per heavy atom. The van der Waals surface area contributed by atoms with Crippen LogP contribution in [0, 0.1) is 17.7 Å². The van der Waals surface area contributed by atoms with Crippen LogP contribution in [0.3, 0.4) is 0 Å². The fourth-order valence-electron chi connectivity index (χ4n) is 6.05. The molecule has 11 heteroatoms. The Morgan fingerprint density at radius 2 is 1.51 bits per heavy atom. The summed E-state index contributed by atoms with van der Waals surface area (Å²) in [7, 11) is 1.63. The first-order valence-electron chi connectivity index (χ1n) is 14.0. The molecule has 0 saturated carbocycles. The van der Waals surface area contributed by atoms with Gasteiger partial charge >= 0.3 is 6.09 Å². The van der Waals surface area contributed by atoms with Crippen molar-refractivity contribution in [2.75, 3.05) is 46.4 Å². The number of rotatable bonds is 5. The number of carbonyl (C=O) groups is 3. The molecule has 0 unspecified atom stereocenters. The first-order valence-corrected chi connectivity index (χ1v) is 14.8. The molecular weight excluding hydrogens is 572 g/mol. The van der Waals surface area contributed by atoms with Crippen molar-refractivity contribution in [3.63, 3.8) is 0 Å². The van der Waals surface area contributed by atoms with Crippen LogP contribution in [0.5, 0.6) is 5.75 Å². The molecule has 3 fully saturated rings. The molecule has 2 atom stereocenters. The third-order valence-electron chi connectivity index (χ3n) is 8.50. The molecule has 41 heavy (non-hydrogen) atoms. The molecule has 3 saturated heterocycles. The van der Waals surface area contributed by atoms with E-state index in [1.807, 2.05) is 11.0 Å². The topological polar surface area (TPSA) is 79.4 Å². The number of hydrogen-bond donors (Lipinski definition) is 0. The molecule has 3 aliphatic rings. The van der Waals surface area contributed by atoms with Crippen molar-refractivity contribution in [1.82, 2.24) is 14.7 Å². The molecule has 0 aromatic heterocycles. The number of benzene rings is 2. The number of hydrogen-bond acceptors (Lipinski definition) is 5. The highest BCUT2D eigenvalue weighted by molar-refractivity contribution is 6.42. The Labute approximate surface area is 249 Å². The third-order valence-corrected chi connectivity index (χ3v) is 9.24. The van der Waals surface area contributed by atoms with Gasteiger partial charge in [-0.3, -0.25) is 9.59 Å². The minimum absolute atomic E-state index is 0.00695. The molecule has 3 amide bonds. The first kappa shape index (κ1) is 29.6. The van der Waals surface area contributed by atoms with E-state index in [-0.39, 0.29) is 41.4 Å². The molecule has 8 nitrogen and oxygen atoms in total. The lowest BCUT2D eigenvalue weighted by Crippen LogP contribution is -2.47. The van der Waals surface area contributed by atoms with Crippen molar-refractivity contribution in [2.24, 2.45) is 11.8 Å². The van der Waals surface area contributed by atoms with Gasteiger partial charge in [-0.2, -0.15) is 0 Å². The van der Waals surface area contributed by atoms with Gasteiger partial charge in [0.2, 0.25) is 11.8 Å². The van der Waals surface area contributed by atoms with Crippen molar-refractivity contribution < 1.29 is 28.2 Å². The number of piperidine rings is 1. The minimum Gasteiger partial charge on any atom is -0.410 e. The summed E-state index contributed by atoms with van der Waals surface area (Å²) >= 11 is 12.5. The molecule has 2 aromatic carbocycles. The smallest absolute Gasteiger partial charge is 0.410 e. The van der Waals surface area contributed by atoms with Gasteiger partial charge in [-0.25, -0.2) is 9.18 Å². The lowest BCUT2D eigenvalue weighted by Gasteiger charge is -2.36. The molecule has 0 spiro atoms. The van der Waals surface area contributed by atoms with Crippen LogP contribution in [0.25, 0.3) is 0 Å². The van der Waals surface area contributed by atoms with Crippen LogP contribution in [0.2, 0.25) is 10.0 Å². The van der Waals surface area contributed by atoms with E-state index in [0.717, 1.165) is 18.4 Å². The SMILES string of the molecule is CN(C(=O)Oc1ccc(F)cc1)[C@H]1CN(C(=O)C2CCN(C(=O)C3CCOCC3)CC2)C[C@@H]1c1ccc(Cl)c(Cl)c1. The highest BCUT2D eigenvalue weighted by atomic mass is 35.5. The molecule has 2 aromatic rings. The number of amides is 3. The number of likely N-dealkylation sites (N-methyl/N-ethyl adjacent to an activating group) is 1. The average molecular weight is 607 g/mol. The van der Waals surface area contributed by atoms with Crippen LogP contribution >= 0.6 is 23.2 Å². The van der Waals surface area contributed by atoms with Gasteiger partial charge in [0.1, 0.15) is 11.6 Å². The molecule has 0 radical (unpaired) electrons. The fourth-order valence-corrected chi connectivity index (χ4v) is 6.35. The third kappa shape index (κ3) is 6.79. The van der Waals surface area contributed by atoms with Crippen LogP contribution < -0.4 is 4.74 Å². The Bertz CT molecular complexity index is 1270. The lowest BCUT2D eigenvalue weighted by molar-refractivity contribution is -0.144. The maximum Gasteiger partial charge on any atom is 0.415 e. The van der Waals surface area contributed by atoms with Gasteiger partial charge in [0, 0.05) is 64.2 Å². The van der Waals surface area contributed by atoms with Crippen molar-refractivity contribution in [3.05, 3.63) is 63.9 Å². The van der Waals surface area contributed by atoms with E-state index >= 15 is 0 Å². The van der Waals surface area contributed by atoms with Crippen LogP contribution in [-0.2, 0) is 14.3 Å². The van der Waals surface area contributed by atoms with Crippen molar-refractivity contribution in [3.8, 4) is 5.75 Å². The second-order valence-corrected chi connectivity index (χ2v) is 11.8. The molecule has 5 rings (SSSR count). The van der Waals surface area contributed by atoms with Crippen molar-refractivity contribution in [2.45, 2.75) is 37.6 Å². The lowest BCUT2D eigenvalue weighted by atomic mass is 9.92. The normalized spacial score (nSPS) is 22.0. The molecular formula is C30H34Cl2FN3O5. The monoisotopic (exact) mass is 605 g/mol. The molecule has 0 bridgehead atoms. The number of halogens is 3. The van der Waals surface area contributed by atoms with E-state index in [0.29, 0.717) is 62.3 Å². The Kier molecular flexibility index (Phi) is 9.36. The molecule has 0 N–H and O–H groups in total. The first-order chi connectivity index (χ1) is 19.7. The summed E-state index contributed by atoms with van der Waals surface area (Å²) in [6, 6.07) is 10.2. The number of ether oxygens (including phenoxy) is 2. The van der Waals surface area contributed by atoms with Gasteiger partial charge in [-0.15, -0.1) is 0 Å².